The van der Waals surface area contributed by atoms with Crippen molar-refractivity contribution in [2.24, 2.45) is 10.9 Å². The van der Waals surface area contributed by atoms with Gasteiger partial charge in [0.25, 0.3) is 0 Å². The number of hydrogen-bond acceptors (Lipinski definition) is 5. The second kappa shape index (κ2) is 14.4. The van der Waals surface area contributed by atoms with E-state index < -0.39 is 0 Å². The molecule has 182 valence electrons. The largest absolute Gasteiger partial charge is 0.357 e. The Morgan fingerprint density at radius 2 is 1.91 bits per heavy atom. The predicted molar refractivity (Wildman–Crippen MR) is 145 cm³/mol. The molecular weight excluding hydrogens is 535 g/mol. The Bertz CT molecular complexity index is 685. The van der Waals surface area contributed by atoms with Crippen molar-refractivity contribution in [3.05, 3.63) is 22.4 Å². The molecule has 1 atom stereocenters. The third kappa shape index (κ3) is 8.46. The number of carbonyl (C=O) groups is 1. The maximum atomic E-state index is 11.5. The van der Waals surface area contributed by atoms with E-state index in [-0.39, 0.29) is 29.9 Å². The van der Waals surface area contributed by atoms with Gasteiger partial charge in [-0.15, -0.1) is 35.3 Å². The Morgan fingerprint density at radius 1 is 1.19 bits per heavy atom. The number of halogens is 1. The van der Waals surface area contributed by atoms with Gasteiger partial charge >= 0.3 is 0 Å². The molecule has 0 radical (unpaired) electrons. The average Bonchev–Trinajstić information content (AvgIpc) is 3.30. The predicted octanol–water partition coefficient (Wildman–Crippen LogP) is 2.86. The fraction of sp³-hybridized carbons (Fsp3) is 0.739. The van der Waals surface area contributed by atoms with Crippen molar-refractivity contribution >= 4 is 47.2 Å². The molecule has 1 aromatic heterocycles. The Hall–Kier alpha value is -0.910. The number of piperazine rings is 1. The summed E-state index contributed by atoms with van der Waals surface area (Å²) in [5, 5.41) is 9.09. The molecule has 1 amide bonds. The van der Waals surface area contributed by atoms with Crippen LogP contribution < -0.4 is 10.6 Å². The monoisotopic (exact) mass is 576 g/mol. The smallest absolute Gasteiger partial charge is 0.219 e. The molecular formula is C23H41IN6OS. The highest BCUT2D eigenvalue weighted by molar-refractivity contribution is 14.0. The number of guanidine groups is 1. The Labute approximate surface area is 215 Å². The minimum Gasteiger partial charge on any atom is -0.357 e. The van der Waals surface area contributed by atoms with Crippen molar-refractivity contribution in [3.63, 3.8) is 0 Å². The Balaban J connectivity index is 0.00000363. The molecule has 2 saturated heterocycles. The van der Waals surface area contributed by atoms with E-state index in [2.05, 4.69) is 51.8 Å². The topological polar surface area (TPSA) is 63.2 Å². The van der Waals surface area contributed by atoms with Gasteiger partial charge in [0.15, 0.2) is 5.96 Å². The number of nitrogens with zero attached hydrogens (tertiary/aromatic N) is 4. The lowest BCUT2D eigenvalue weighted by molar-refractivity contribution is -0.130. The van der Waals surface area contributed by atoms with Crippen molar-refractivity contribution in [2.75, 3.05) is 65.4 Å². The van der Waals surface area contributed by atoms with Crippen LogP contribution in [-0.2, 0) is 4.79 Å². The first-order chi connectivity index (χ1) is 15.1. The molecule has 2 fully saturated rings. The van der Waals surface area contributed by atoms with Crippen LogP contribution in [0.4, 0.5) is 0 Å². The van der Waals surface area contributed by atoms with E-state index in [1.807, 2.05) is 16.2 Å². The lowest BCUT2D eigenvalue weighted by Gasteiger charge is -2.35. The molecule has 7 nitrogen and oxygen atoms in total. The van der Waals surface area contributed by atoms with Crippen molar-refractivity contribution in [1.29, 1.82) is 0 Å². The zero-order valence-electron chi connectivity index (χ0n) is 19.9. The summed E-state index contributed by atoms with van der Waals surface area (Å²) >= 11 is 1.84. The maximum absolute atomic E-state index is 11.5. The maximum Gasteiger partial charge on any atom is 0.219 e. The van der Waals surface area contributed by atoms with Crippen molar-refractivity contribution < 1.29 is 4.79 Å². The van der Waals surface area contributed by atoms with Crippen LogP contribution in [0.1, 0.15) is 44.5 Å². The number of nitrogens with one attached hydrogen (secondary N) is 2. The highest BCUT2D eigenvalue weighted by Crippen LogP contribution is 2.29. The van der Waals surface area contributed by atoms with E-state index in [1.54, 1.807) is 6.92 Å². The molecule has 32 heavy (non-hydrogen) atoms. The van der Waals surface area contributed by atoms with Gasteiger partial charge in [-0.1, -0.05) is 13.0 Å². The van der Waals surface area contributed by atoms with Gasteiger partial charge in [0.1, 0.15) is 0 Å². The molecule has 2 aliphatic rings. The standard InChI is InChI=1S/C23H40N6OS.HI/c1-4-24-23(25-9-12-27-13-15-28(16-14-27)20(3)30)26-18-21(22-6-5-17-31-22)29-10-7-19(2)8-11-29;/h5-6,17,19,21H,4,7-16,18H2,1-3H3,(H2,24,25,26);1H. The minimum atomic E-state index is 0. The lowest BCUT2D eigenvalue weighted by atomic mass is 9.97. The Morgan fingerprint density at radius 3 is 2.50 bits per heavy atom. The summed E-state index contributed by atoms with van der Waals surface area (Å²) in [4.78, 5) is 24.8. The van der Waals surface area contributed by atoms with E-state index in [9.17, 15) is 4.79 Å². The third-order valence-corrected chi connectivity index (χ3v) is 7.41. The third-order valence-electron chi connectivity index (χ3n) is 6.44. The summed E-state index contributed by atoms with van der Waals surface area (Å²) in [5.74, 6) is 1.92. The molecule has 1 aromatic rings. The molecule has 1 unspecified atom stereocenters. The van der Waals surface area contributed by atoms with E-state index in [0.717, 1.165) is 77.3 Å². The van der Waals surface area contributed by atoms with E-state index in [4.69, 9.17) is 4.99 Å². The summed E-state index contributed by atoms with van der Waals surface area (Å²) in [6.07, 6.45) is 2.56. The summed E-state index contributed by atoms with van der Waals surface area (Å²) < 4.78 is 0. The van der Waals surface area contributed by atoms with E-state index in [0.29, 0.717) is 6.04 Å². The highest BCUT2D eigenvalue weighted by Gasteiger charge is 2.25. The van der Waals surface area contributed by atoms with Crippen molar-refractivity contribution in [2.45, 2.75) is 39.7 Å². The van der Waals surface area contributed by atoms with E-state index >= 15 is 0 Å². The van der Waals surface area contributed by atoms with Crippen LogP contribution in [0.5, 0.6) is 0 Å². The zero-order valence-corrected chi connectivity index (χ0v) is 23.0. The quantitative estimate of drug-likeness (QED) is 0.283. The van der Waals surface area contributed by atoms with Crippen LogP contribution in [0.3, 0.4) is 0 Å². The van der Waals surface area contributed by atoms with Crippen molar-refractivity contribution in [3.8, 4) is 0 Å². The molecule has 2 aliphatic heterocycles. The number of rotatable bonds is 8. The van der Waals surface area contributed by atoms with Gasteiger partial charge in [0.05, 0.1) is 12.6 Å². The number of carbonyl (C=O) groups excluding carboxylic acids is 1. The van der Waals surface area contributed by atoms with Crippen molar-refractivity contribution in [1.82, 2.24) is 25.3 Å². The van der Waals surface area contributed by atoms with Gasteiger partial charge in [-0.25, -0.2) is 0 Å². The van der Waals surface area contributed by atoms with Gasteiger partial charge in [0, 0.05) is 57.6 Å². The molecule has 0 aliphatic carbocycles. The van der Waals surface area contributed by atoms with Gasteiger partial charge in [0.2, 0.25) is 5.91 Å². The van der Waals surface area contributed by atoms with Gasteiger partial charge in [-0.05, 0) is 50.2 Å². The second-order valence-corrected chi connectivity index (χ2v) is 9.72. The number of amides is 1. The van der Waals surface area contributed by atoms with Gasteiger partial charge in [-0.2, -0.15) is 0 Å². The molecule has 0 spiro atoms. The summed E-state index contributed by atoms with van der Waals surface area (Å²) in [6, 6.07) is 4.77. The first-order valence-electron chi connectivity index (χ1n) is 11.8. The summed E-state index contributed by atoms with van der Waals surface area (Å²) in [7, 11) is 0. The molecule has 2 N–H and O–H groups in total. The van der Waals surface area contributed by atoms with Gasteiger partial charge in [-0.3, -0.25) is 19.6 Å². The molecule has 0 bridgehead atoms. The number of piperidine rings is 1. The fourth-order valence-corrected chi connectivity index (χ4v) is 5.20. The molecule has 0 aromatic carbocycles. The van der Waals surface area contributed by atoms with Crippen LogP contribution in [0.15, 0.2) is 22.5 Å². The molecule has 0 saturated carbocycles. The van der Waals surface area contributed by atoms with Crippen LogP contribution in [0, 0.1) is 5.92 Å². The van der Waals surface area contributed by atoms with Crippen LogP contribution in [0.25, 0.3) is 0 Å². The number of likely N-dealkylation sites (tertiary alicyclic amines) is 1. The SMILES string of the molecule is CCNC(=NCC(c1cccs1)N1CCC(C)CC1)NCCN1CCN(C(C)=O)CC1.I. The number of thiophene rings is 1. The fourth-order valence-electron chi connectivity index (χ4n) is 4.34. The normalized spacial score (nSPS) is 20.0. The first-order valence-corrected chi connectivity index (χ1v) is 12.7. The highest BCUT2D eigenvalue weighted by atomic mass is 127. The first kappa shape index (κ1) is 27.3. The number of aliphatic imine (C=N–C) groups is 1. The Kier molecular flexibility index (Phi) is 12.3. The zero-order chi connectivity index (χ0) is 22.1. The van der Waals surface area contributed by atoms with Crippen LogP contribution >= 0.6 is 35.3 Å². The second-order valence-electron chi connectivity index (χ2n) is 8.74. The van der Waals surface area contributed by atoms with Crippen LogP contribution in [0.2, 0.25) is 0 Å². The molecule has 9 heteroatoms. The lowest BCUT2D eigenvalue weighted by Crippen LogP contribution is -2.50. The van der Waals surface area contributed by atoms with Gasteiger partial charge < -0.3 is 15.5 Å². The van der Waals surface area contributed by atoms with E-state index in [1.165, 1.54) is 17.7 Å². The molecule has 3 heterocycles. The number of hydrogen-bond donors (Lipinski definition) is 2. The molecule has 3 rings (SSSR count). The minimum absolute atomic E-state index is 0. The average molecular weight is 577 g/mol. The summed E-state index contributed by atoms with van der Waals surface area (Å²) in [6.45, 7) is 15.5. The van der Waals surface area contributed by atoms with Crippen LogP contribution in [-0.4, -0.2) is 92.0 Å². The summed E-state index contributed by atoms with van der Waals surface area (Å²) in [5.41, 5.74) is 0.